The Balaban J connectivity index is 2.19. The van der Waals surface area contributed by atoms with Gasteiger partial charge in [0.05, 0.1) is 5.56 Å². The highest BCUT2D eigenvalue weighted by molar-refractivity contribution is 5.94. The smallest absolute Gasteiger partial charge is 0.255 e. The van der Waals surface area contributed by atoms with Crippen molar-refractivity contribution in [1.29, 1.82) is 0 Å². The zero-order chi connectivity index (χ0) is 13.0. The van der Waals surface area contributed by atoms with Gasteiger partial charge in [-0.05, 0) is 31.4 Å². The van der Waals surface area contributed by atoms with E-state index in [4.69, 9.17) is 5.73 Å². The zero-order valence-electron chi connectivity index (χ0n) is 10.9. The van der Waals surface area contributed by atoms with E-state index in [-0.39, 0.29) is 11.9 Å². The first kappa shape index (κ1) is 13.0. The summed E-state index contributed by atoms with van der Waals surface area (Å²) in [5.74, 6) is 0.0727. The minimum atomic E-state index is 0.0727. The van der Waals surface area contributed by atoms with Gasteiger partial charge in [0.15, 0.2) is 0 Å². The Hall–Kier alpha value is -1.42. The number of hydrogen-bond acceptors (Lipinski definition) is 3. The highest BCUT2D eigenvalue weighted by Crippen LogP contribution is 2.18. The Bertz CT molecular complexity index is 419. The lowest BCUT2D eigenvalue weighted by Crippen LogP contribution is -2.44. The minimum Gasteiger partial charge on any atom is -0.334 e. The second-order valence-corrected chi connectivity index (χ2v) is 4.99. The monoisotopic (exact) mass is 247 g/mol. The summed E-state index contributed by atoms with van der Waals surface area (Å²) in [6.07, 6.45) is 7.85. The maximum absolute atomic E-state index is 12.5. The second-order valence-electron chi connectivity index (χ2n) is 4.99. The predicted octanol–water partition coefficient (Wildman–Crippen LogP) is 1.73. The molecule has 1 aromatic rings. The summed E-state index contributed by atoms with van der Waals surface area (Å²) >= 11 is 0. The number of nitrogens with zero attached hydrogens (tertiary/aromatic N) is 2. The quantitative estimate of drug-likeness (QED) is 0.866. The van der Waals surface area contributed by atoms with Crippen molar-refractivity contribution in [3.05, 3.63) is 29.6 Å². The summed E-state index contributed by atoms with van der Waals surface area (Å²) in [6.45, 7) is 3.31. The van der Waals surface area contributed by atoms with E-state index in [9.17, 15) is 4.79 Å². The lowest BCUT2D eigenvalue weighted by Gasteiger charge is -2.29. The molecular weight excluding hydrogens is 226 g/mol. The zero-order valence-corrected chi connectivity index (χ0v) is 10.9. The van der Waals surface area contributed by atoms with Crippen LogP contribution in [0.2, 0.25) is 0 Å². The topological polar surface area (TPSA) is 59.2 Å². The van der Waals surface area contributed by atoms with Crippen molar-refractivity contribution in [3.8, 4) is 0 Å². The number of likely N-dealkylation sites (tertiary alicyclic amines) is 1. The largest absolute Gasteiger partial charge is 0.334 e. The van der Waals surface area contributed by atoms with Crippen LogP contribution in [0.3, 0.4) is 0 Å². The molecule has 1 atom stereocenters. The van der Waals surface area contributed by atoms with Gasteiger partial charge in [0.1, 0.15) is 0 Å². The van der Waals surface area contributed by atoms with Crippen LogP contribution in [0.4, 0.5) is 0 Å². The molecule has 18 heavy (non-hydrogen) atoms. The number of carbonyl (C=O) groups excluding carboxylic acids is 1. The lowest BCUT2D eigenvalue weighted by molar-refractivity contribution is 0.0688. The van der Waals surface area contributed by atoms with E-state index in [1.165, 1.54) is 6.42 Å². The van der Waals surface area contributed by atoms with Crippen LogP contribution >= 0.6 is 0 Å². The van der Waals surface area contributed by atoms with Gasteiger partial charge in [0.2, 0.25) is 0 Å². The summed E-state index contributed by atoms with van der Waals surface area (Å²) in [5, 5.41) is 0. The number of hydrogen-bond donors (Lipinski definition) is 1. The Morgan fingerprint density at radius 2 is 2.28 bits per heavy atom. The van der Waals surface area contributed by atoms with Crippen LogP contribution in [0.15, 0.2) is 18.5 Å². The molecule has 1 aliphatic heterocycles. The van der Waals surface area contributed by atoms with Crippen molar-refractivity contribution in [3.63, 3.8) is 0 Å². The molecule has 98 valence electrons. The normalized spacial score (nSPS) is 20.6. The van der Waals surface area contributed by atoms with E-state index in [2.05, 4.69) is 4.98 Å². The van der Waals surface area contributed by atoms with Crippen molar-refractivity contribution in [1.82, 2.24) is 9.88 Å². The van der Waals surface area contributed by atoms with Crippen LogP contribution in [-0.4, -0.2) is 34.9 Å². The van der Waals surface area contributed by atoms with E-state index >= 15 is 0 Å². The Kier molecular flexibility index (Phi) is 4.31. The molecule has 0 radical (unpaired) electrons. The number of aryl methyl sites for hydroxylation is 1. The molecule has 1 saturated heterocycles. The molecule has 4 heteroatoms. The van der Waals surface area contributed by atoms with E-state index in [1.807, 2.05) is 17.9 Å². The molecule has 0 aromatic carbocycles. The third-order valence-corrected chi connectivity index (χ3v) is 3.53. The molecule has 1 amide bonds. The van der Waals surface area contributed by atoms with Gasteiger partial charge in [0.25, 0.3) is 5.91 Å². The highest BCUT2D eigenvalue weighted by atomic mass is 16.2. The Labute approximate surface area is 108 Å². The van der Waals surface area contributed by atoms with Gasteiger partial charge >= 0.3 is 0 Å². The van der Waals surface area contributed by atoms with Crippen molar-refractivity contribution in [2.75, 3.05) is 13.1 Å². The molecule has 1 aromatic heterocycles. The third kappa shape index (κ3) is 2.88. The first-order chi connectivity index (χ1) is 8.72. The van der Waals surface area contributed by atoms with Gasteiger partial charge in [-0.15, -0.1) is 0 Å². The number of pyridine rings is 1. The van der Waals surface area contributed by atoms with Gasteiger partial charge in [-0.25, -0.2) is 0 Å². The minimum absolute atomic E-state index is 0.0727. The first-order valence-electron chi connectivity index (χ1n) is 6.65. The number of carbonyl (C=O) groups is 1. The van der Waals surface area contributed by atoms with E-state index < -0.39 is 0 Å². The van der Waals surface area contributed by atoms with Gasteiger partial charge in [-0.3, -0.25) is 9.78 Å². The Morgan fingerprint density at radius 1 is 1.44 bits per heavy atom. The van der Waals surface area contributed by atoms with Gasteiger partial charge < -0.3 is 10.6 Å². The molecule has 1 aliphatic rings. The lowest BCUT2D eigenvalue weighted by atomic mass is 10.1. The summed E-state index contributed by atoms with van der Waals surface area (Å²) in [4.78, 5) is 18.5. The maximum Gasteiger partial charge on any atom is 0.255 e. The van der Waals surface area contributed by atoms with Crippen LogP contribution < -0.4 is 5.73 Å². The fourth-order valence-corrected chi connectivity index (χ4v) is 2.53. The second kappa shape index (κ2) is 5.96. The van der Waals surface area contributed by atoms with Gasteiger partial charge in [-0.1, -0.05) is 12.8 Å². The average molecular weight is 247 g/mol. The summed E-state index contributed by atoms with van der Waals surface area (Å²) < 4.78 is 0. The molecule has 4 nitrogen and oxygen atoms in total. The number of nitrogens with two attached hydrogens (primary N) is 1. The molecule has 0 spiro atoms. The molecule has 1 unspecified atom stereocenters. The Morgan fingerprint density at radius 3 is 3.00 bits per heavy atom. The van der Waals surface area contributed by atoms with Crippen LogP contribution in [0, 0.1) is 6.92 Å². The molecule has 0 bridgehead atoms. The van der Waals surface area contributed by atoms with Crippen molar-refractivity contribution >= 4 is 5.91 Å². The molecule has 0 aliphatic carbocycles. The van der Waals surface area contributed by atoms with Crippen LogP contribution in [0.5, 0.6) is 0 Å². The summed E-state index contributed by atoms with van der Waals surface area (Å²) in [7, 11) is 0. The highest BCUT2D eigenvalue weighted by Gasteiger charge is 2.25. The van der Waals surface area contributed by atoms with Crippen LogP contribution in [0.25, 0.3) is 0 Å². The molecule has 2 N–H and O–H groups in total. The van der Waals surface area contributed by atoms with Crippen molar-refractivity contribution in [2.45, 2.75) is 38.6 Å². The molecular formula is C14H21N3O. The molecule has 2 heterocycles. The van der Waals surface area contributed by atoms with Crippen molar-refractivity contribution in [2.24, 2.45) is 5.73 Å². The van der Waals surface area contributed by atoms with Gasteiger partial charge in [-0.2, -0.15) is 0 Å². The van der Waals surface area contributed by atoms with Crippen LogP contribution in [0.1, 0.15) is 41.6 Å². The standard InChI is InChI=1S/C14H21N3O/c1-11-7-12(10-16-9-11)14(18)17-6-4-2-3-5-13(17)8-15/h7,9-10,13H,2-6,8,15H2,1H3. The molecule has 1 fully saturated rings. The number of amides is 1. The van der Waals surface area contributed by atoms with Crippen molar-refractivity contribution < 1.29 is 4.79 Å². The van der Waals surface area contributed by atoms with E-state index in [0.29, 0.717) is 12.1 Å². The summed E-state index contributed by atoms with van der Waals surface area (Å²) in [6, 6.07) is 2.08. The summed E-state index contributed by atoms with van der Waals surface area (Å²) in [5.41, 5.74) is 7.49. The van der Waals surface area contributed by atoms with Crippen LogP contribution in [-0.2, 0) is 0 Å². The fourth-order valence-electron chi connectivity index (χ4n) is 2.53. The molecule has 2 rings (SSSR count). The van der Waals surface area contributed by atoms with E-state index in [1.54, 1.807) is 12.4 Å². The maximum atomic E-state index is 12.5. The number of aromatic nitrogens is 1. The average Bonchev–Trinajstić information content (AvgIpc) is 2.62. The van der Waals surface area contributed by atoms with Gasteiger partial charge in [0, 0.05) is 31.5 Å². The number of rotatable bonds is 2. The third-order valence-electron chi connectivity index (χ3n) is 3.53. The first-order valence-corrected chi connectivity index (χ1v) is 6.65. The SMILES string of the molecule is Cc1cncc(C(=O)N2CCCCCC2CN)c1. The predicted molar refractivity (Wildman–Crippen MR) is 71.3 cm³/mol. The molecule has 0 saturated carbocycles. The van der Waals surface area contributed by atoms with E-state index in [0.717, 1.165) is 31.4 Å². The fraction of sp³-hybridized carbons (Fsp3) is 0.571.